The molecule has 2 aromatic heterocycles. The first-order valence-corrected chi connectivity index (χ1v) is 12.1. The summed E-state index contributed by atoms with van der Waals surface area (Å²) in [5, 5.41) is 4.97. The molecule has 6 heteroatoms. The van der Waals surface area contributed by atoms with E-state index in [0.717, 1.165) is 55.8 Å². The molecule has 172 valence electrons. The molecule has 34 heavy (non-hydrogen) atoms. The van der Waals surface area contributed by atoms with E-state index in [-0.39, 0.29) is 17.9 Å². The Hall–Kier alpha value is -3.64. The fraction of sp³-hybridized carbons (Fsp3) is 0.286. The Labute approximate surface area is 199 Å². The minimum absolute atomic E-state index is 0.0789. The summed E-state index contributed by atoms with van der Waals surface area (Å²) in [5.41, 5.74) is 5.65. The zero-order chi connectivity index (χ0) is 22.9. The molecule has 4 heterocycles. The van der Waals surface area contributed by atoms with E-state index in [2.05, 4.69) is 73.6 Å². The summed E-state index contributed by atoms with van der Waals surface area (Å²) < 4.78 is 0. The molecule has 6 nitrogen and oxygen atoms in total. The molecule has 4 aromatic rings. The summed E-state index contributed by atoms with van der Waals surface area (Å²) in [5.74, 6) is 0.181. The summed E-state index contributed by atoms with van der Waals surface area (Å²) in [6.45, 7) is 3.49. The van der Waals surface area contributed by atoms with E-state index in [0.29, 0.717) is 0 Å². The van der Waals surface area contributed by atoms with Gasteiger partial charge in [-0.05, 0) is 54.8 Å². The number of pyridine rings is 1. The number of aromatic nitrogens is 2. The van der Waals surface area contributed by atoms with Crippen LogP contribution in [-0.4, -0.2) is 58.9 Å². The Kier molecular flexibility index (Phi) is 5.51. The average Bonchev–Trinajstić information content (AvgIpc) is 3.39. The predicted molar refractivity (Wildman–Crippen MR) is 137 cm³/mol. The van der Waals surface area contributed by atoms with Gasteiger partial charge < -0.3 is 15.2 Å². The van der Waals surface area contributed by atoms with Crippen LogP contribution >= 0.6 is 0 Å². The molecular formula is C28H29N5O. The molecule has 1 saturated heterocycles. The van der Waals surface area contributed by atoms with Crippen molar-refractivity contribution in [2.24, 2.45) is 0 Å². The highest BCUT2D eigenvalue weighted by Gasteiger charge is 2.37. The van der Waals surface area contributed by atoms with Crippen molar-refractivity contribution in [1.29, 1.82) is 0 Å². The number of hydrogen-bond donors (Lipinski definition) is 2. The maximum Gasteiger partial charge on any atom is 0.182 e. The van der Waals surface area contributed by atoms with Crippen LogP contribution in [0.3, 0.4) is 0 Å². The van der Waals surface area contributed by atoms with Crippen LogP contribution in [0, 0.1) is 0 Å². The largest absolute Gasteiger partial charge is 0.380 e. The van der Waals surface area contributed by atoms with E-state index in [4.69, 9.17) is 0 Å². The summed E-state index contributed by atoms with van der Waals surface area (Å²) in [6, 6.07) is 20.6. The third-order valence-corrected chi connectivity index (χ3v) is 7.32. The van der Waals surface area contributed by atoms with Crippen LogP contribution in [-0.2, 0) is 6.42 Å². The van der Waals surface area contributed by atoms with E-state index in [9.17, 15) is 4.79 Å². The molecule has 2 aromatic carbocycles. The lowest BCUT2D eigenvalue weighted by atomic mass is 9.88. The van der Waals surface area contributed by atoms with Gasteiger partial charge in [-0.2, -0.15) is 0 Å². The van der Waals surface area contributed by atoms with E-state index in [1.807, 2.05) is 18.3 Å². The van der Waals surface area contributed by atoms with Gasteiger partial charge in [0, 0.05) is 78.7 Å². The number of ketones is 1. The fourth-order valence-electron chi connectivity index (χ4n) is 5.57. The number of Topliss-reactive ketones (excluding diaryl/α,β-unsaturated/α-hetero) is 1. The van der Waals surface area contributed by atoms with Crippen molar-refractivity contribution in [3.8, 4) is 0 Å². The number of aryl methyl sites for hydroxylation is 1. The van der Waals surface area contributed by atoms with Crippen LogP contribution in [0.15, 0.2) is 79.3 Å². The molecule has 0 aliphatic carbocycles. The van der Waals surface area contributed by atoms with Gasteiger partial charge in [0.15, 0.2) is 5.78 Å². The highest BCUT2D eigenvalue weighted by atomic mass is 16.1. The van der Waals surface area contributed by atoms with Crippen LogP contribution in [0.4, 0.5) is 11.4 Å². The first-order valence-electron chi connectivity index (χ1n) is 12.1. The highest BCUT2D eigenvalue weighted by molar-refractivity contribution is 6.01. The smallest absolute Gasteiger partial charge is 0.182 e. The van der Waals surface area contributed by atoms with Crippen LogP contribution in [0.5, 0.6) is 0 Å². The first kappa shape index (κ1) is 20.9. The summed E-state index contributed by atoms with van der Waals surface area (Å²) in [4.78, 5) is 26.1. The van der Waals surface area contributed by atoms with Gasteiger partial charge >= 0.3 is 0 Å². The number of anilines is 2. The molecule has 1 fully saturated rings. The summed E-state index contributed by atoms with van der Waals surface area (Å²) >= 11 is 0. The number of nitrogens with one attached hydrogen (secondary N) is 2. The number of H-pyrrole nitrogens is 1. The lowest BCUT2D eigenvalue weighted by molar-refractivity contribution is 0.0771. The maximum atomic E-state index is 13.8. The number of nitrogens with zero attached hydrogens (tertiary/aromatic N) is 3. The number of piperazine rings is 1. The molecule has 2 aliphatic rings. The van der Waals surface area contributed by atoms with E-state index < -0.39 is 0 Å². The second-order valence-corrected chi connectivity index (χ2v) is 9.23. The number of rotatable bonds is 5. The molecule has 2 atom stereocenters. The lowest BCUT2D eigenvalue weighted by Gasteiger charge is -2.44. The number of hydrogen-bond acceptors (Lipinski definition) is 5. The Balaban J connectivity index is 1.26. The average molecular weight is 452 g/mol. The molecule has 0 spiro atoms. The second kappa shape index (κ2) is 8.95. The van der Waals surface area contributed by atoms with Gasteiger partial charge in [-0.3, -0.25) is 14.7 Å². The van der Waals surface area contributed by atoms with Crippen LogP contribution in [0.2, 0.25) is 0 Å². The number of benzene rings is 2. The zero-order valence-corrected chi connectivity index (χ0v) is 19.2. The van der Waals surface area contributed by atoms with Gasteiger partial charge in [0.1, 0.15) is 0 Å². The van der Waals surface area contributed by atoms with Gasteiger partial charge in [-0.1, -0.05) is 24.3 Å². The highest BCUT2D eigenvalue weighted by Crippen LogP contribution is 2.31. The number of carbonyl (C=O) groups is 1. The van der Waals surface area contributed by atoms with Crippen molar-refractivity contribution in [3.05, 3.63) is 90.4 Å². The van der Waals surface area contributed by atoms with Crippen molar-refractivity contribution in [2.75, 3.05) is 36.4 Å². The van der Waals surface area contributed by atoms with Gasteiger partial charge in [-0.15, -0.1) is 0 Å². The van der Waals surface area contributed by atoms with Crippen LogP contribution in [0.1, 0.15) is 22.3 Å². The Morgan fingerprint density at radius 2 is 1.76 bits per heavy atom. The fourth-order valence-corrected chi connectivity index (χ4v) is 5.57. The SMILES string of the molecule is O=C(c1ccncc1)C(C1CCc2ccccc2N1)N1CCN(c2cccc3[nH]ccc23)CC1. The minimum Gasteiger partial charge on any atom is -0.380 e. The molecule has 0 radical (unpaired) electrons. The normalized spacial score (nSPS) is 19.4. The number of fused-ring (bicyclic) bond motifs is 2. The van der Waals surface area contributed by atoms with E-state index in [1.165, 1.54) is 16.6 Å². The molecule has 0 saturated carbocycles. The standard InChI is InChI=1S/C28H29N5O/c34-28(21-10-13-29-14-11-21)27(25-9-8-20-4-1-2-5-23(20)31-25)33-18-16-32(17-19-33)26-7-3-6-24-22(26)12-15-30-24/h1-7,10-15,25,27,30-31H,8-9,16-19H2. The molecular weight excluding hydrogens is 422 g/mol. The van der Waals surface area contributed by atoms with Crippen LogP contribution < -0.4 is 10.2 Å². The van der Waals surface area contributed by atoms with E-state index in [1.54, 1.807) is 12.4 Å². The van der Waals surface area contributed by atoms with Gasteiger partial charge in [-0.25, -0.2) is 0 Å². The van der Waals surface area contributed by atoms with Gasteiger partial charge in [0.2, 0.25) is 0 Å². The minimum atomic E-state index is -0.207. The molecule has 2 N–H and O–H groups in total. The second-order valence-electron chi connectivity index (χ2n) is 9.23. The van der Waals surface area contributed by atoms with Crippen LogP contribution in [0.25, 0.3) is 10.9 Å². The van der Waals surface area contributed by atoms with Crippen molar-refractivity contribution < 1.29 is 4.79 Å². The molecule has 6 rings (SSSR count). The number of aromatic amines is 1. The number of para-hydroxylation sites is 1. The van der Waals surface area contributed by atoms with Gasteiger partial charge in [0.25, 0.3) is 0 Å². The predicted octanol–water partition coefficient (Wildman–Crippen LogP) is 4.36. The van der Waals surface area contributed by atoms with Crippen molar-refractivity contribution >= 4 is 28.1 Å². The third-order valence-electron chi connectivity index (χ3n) is 7.32. The molecule has 0 bridgehead atoms. The van der Waals surface area contributed by atoms with Crippen molar-refractivity contribution in [2.45, 2.75) is 24.9 Å². The Bertz CT molecular complexity index is 1290. The zero-order valence-electron chi connectivity index (χ0n) is 19.2. The van der Waals surface area contributed by atoms with Gasteiger partial charge in [0.05, 0.1) is 6.04 Å². The quantitative estimate of drug-likeness (QED) is 0.442. The molecule has 2 unspecified atom stereocenters. The molecule has 0 amide bonds. The summed E-state index contributed by atoms with van der Waals surface area (Å²) in [7, 11) is 0. The molecule has 2 aliphatic heterocycles. The van der Waals surface area contributed by atoms with E-state index >= 15 is 0 Å². The Morgan fingerprint density at radius 3 is 2.62 bits per heavy atom. The topological polar surface area (TPSA) is 64.3 Å². The summed E-state index contributed by atoms with van der Waals surface area (Å²) in [6.07, 6.45) is 7.36. The van der Waals surface area contributed by atoms with Crippen molar-refractivity contribution in [1.82, 2.24) is 14.9 Å². The monoisotopic (exact) mass is 451 g/mol. The Morgan fingerprint density at radius 1 is 0.941 bits per heavy atom. The first-order chi connectivity index (χ1) is 16.8. The lowest BCUT2D eigenvalue weighted by Crippen LogP contribution is -2.58. The number of carbonyl (C=O) groups excluding carboxylic acids is 1. The third kappa shape index (κ3) is 3.84. The van der Waals surface area contributed by atoms with Crippen molar-refractivity contribution in [3.63, 3.8) is 0 Å². The maximum absolute atomic E-state index is 13.8.